The molecule has 3 aliphatic rings. The molecule has 1 heteroatoms. The lowest BCUT2D eigenvalue weighted by Crippen LogP contribution is -2.32. The molecule has 3 aliphatic carbocycles. The van der Waals surface area contributed by atoms with Crippen molar-refractivity contribution in [1.82, 2.24) is 0 Å². The van der Waals surface area contributed by atoms with Crippen LogP contribution >= 0.6 is 0 Å². The molecule has 3 rings (SSSR count). The van der Waals surface area contributed by atoms with Crippen LogP contribution in [-0.2, 0) is 10.1 Å². The summed E-state index contributed by atoms with van der Waals surface area (Å²) in [7, 11) is 0.0813. The van der Waals surface area contributed by atoms with Crippen LogP contribution in [0.25, 0.3) is 0 Å². The molecule has 0 amide bonds. The van der Waals surface area contributed by atoms with E-state index in [2.05, 4.69) is 25.2 Å². The first-order valence-electron chi connectivity index (χ1n) is 7.07. The van der Waals surface area contributed by atoms with E-state index in [1.807, 2.05) is 0 Å². The Hall–Kier alpha value is -0.170. The molecule has 4 unspecified atom stereocenters. The summed E-state index contributed by atoms with van der Waals surface area (Å²) in [5, 5.41) is 0. The van der Waals surface area contributed by atoms with E-state index in [1.54, 1.807) is 5.57 Å². The quantitative estimate of drug-likeness (QED) is 0.406. The third kappa shape index (κ3) is 1.58. The molecule has 96 valence electrons. The van der Waals surface area contributed by atoms with Gasteiger partial charge in [0.25, 0.3) is 0 Å². The van der Waals surface area contributed by atoms with Crippen molar-refractivity contribution in [3.05, 3.63) is 12.2 Å². The van der Waals surface area contributed by atoms with Crippen LogP contribution in [0.1, 0.15) is 39.0 Å². The summed E-state index contributed by atoms with van der Waals surface area (Å²) in [6.45, 7) is 6.95. The van der Waals surface area contributed by atoms with Gasteiger partial charge in [0.1, 0.15) is 0 Å². The highest BCUT2D eigenvalue weighted by Crippen LogP contribution is 2.72. The maximum atomic E-state index is 4.55. The molecular weight excluding hydrogens is 224 g/mol. The van der Waals surface area contributed by atoms with Crippen LogP contribution in [-0.4, -0.2) is 17.5 Å². The Morgan fingerprint density at radius 2 is 1.82 bits per heavy atom. The fraction of sp³-hybridized carbons (Fsp3) is 0.750. The molecule has 0 N–H and O–H groups in total. The molecule has 4 atom stereocenters. The van der Waals surface area contributed by atoms with Crippen molar-refractivity contribution in [2.24, 2.45) is 29.1 Å². The smallest absolute Gasteiger partial charge is 0.0175 e. The normalized spacial score (nSPS) is 47.6. The average Bonchev–Trinajstić information content (AvgIpc) is 2.63. The Kier molecular flexibility index (Phi) is 2.74. The lowest BCUT2D eigenvalue weighted by atomic mass is 9.66. The van der Waals surface area contributed by atoms with Crippen molar-refractivity contribution in [3.8, 4) is 0 Å². The van der Waals surface area contributed by atoms with Gasteiger partial charge in [-0.1, -0.05) is 25.5 Å². The molecule has 0 aromatic heterocycles. The van der Waals surface area contributed by atoms with Gasteiger partial charge in [0.15, 0.2) is 0 Å². The van der Waals surface area contributed by atoms with Crippen molar-refractivity contribution in [3.63, 3.8) is 0 Å². The summed E-state index contributed by atoms with van der Waals surface area (Å²) in [4.78, 5) is 0. The Labute approximate surface area is 108 Å². The molecule has 0 nitrogen and oxygen atoms in total. The zero-order chi connectivity index (χ0) is 12.2. The average molecular weight is 249 g/mol. The molecule has 0 aromatic carbocycles. The van der Waals surface area contributed by atoms with Crippen LogP contribution in [0.2, 0.25) is 0 Å². The monoisotopic (exact) mass is 249 g/mol. The van der Waals surface area contributed by atoms with E-state index in [0.717, 1.165) is 23.7 Å². The Balaban J connectivity index is 1.83. The van der Waals surface area contributed by atoms with Crippen LogP contribution in [0.3, 0.4) is 0 Å². The van der Waals surface area contributed by atoms with E-state index in [1.165, 1.54) is 37.9 Å². The SMILES string of the molecule is C=C(C1CCC1C)C1(C[S-](=C)=C)C2CCCC21. The number of hydrogen-bond acceptors (Lipinski definition) is 1. The molecule has 3 saturated carbocycles. The summed E-state index contributed by atoms with van der Waals surface area (Å²) in [5.74, 6) is 13.2. The highest BCUT2D eigenvalue weighted by atomic mass is 32.2. The van der Waals surface area contributed by atoms with Gasteiger partial charge in [0.2, 0.25) is 0 Å². The summed E-state index contributed by atoms with van der Waals surface area (Å²) in [5.41, 5.74) is 2.10. The first-order chi connectivity index (χ1) is 8.07. The summed E-state index contributed by atoms with van der Waals surface area (Å²) in [6, 6.07) is 0. The van der Waals surface area contributed by atoms with Crippen LogP contribution in [0.4, 0.5) is 0 Å². The van der Waals surface area contributed by atoms with E-state index in [0.29, 0.717) is 5.41 Å². The van der Waals surface area contributed by atoms with Gasteiger partial charge in [0, 0.05) is 0 Å². The number of fused-ring (bicyclic) bond motifs is 1. The highest BCUT2D eigenvalue weighted by Gasteiger charge is 2.65. The van der Waals surface area contributed by atoms with Crippen molar-refractivity contribution in [2.75, 3.05) is 5.75 Å². The number of allylic oxidation sites excluding steroid dienone is 1. The zero-order valence-electron chi connectivity index (χ0n) is 11.1. The van der Waals surface area contributed by atoms with Gasteiger partial charge in [-0.25, -0.2) is 11.7 Å². The van der Waals surface area contributed by atoms with Crippen LogP contribution in [0.15, 0.2) is 12.2 Å². The third-order valence-electron chi connectivity index (χ3n) is 5.84. The first-order valence-corrected chi connectivity index (χ1v) is 8.80. The van der Waals surface area contributed by atoms with E-state index in [4.69, 9.17) is 0 Å². The highest BCUT2D eigenvalue weighted by molar-refractivity contribution is 7.91. The molecule has 0 saturated heterocycles. The van der Waals surface area contributed by atoms with Gasteiger partial charge in [-0.15, -0.1) is 5.75 Å². The molecular formula is C16H25S-. The Bertz CT molecular complexity index is 397. The van der Waals surface area contributed by atoms with Gasteiger partial charge in [-0.3, -0.25) is 0 Å². The van der Waals surface area contributed by atoms with Gasteiger partial charge in [-0.05, 0) is 54.8 Å². The summed E-state index contributed by atoms with van der Waals surface area (Å²) >= 11 is 0. The van der Waals surface area contributed by atoms with Gasteiger partial charge < -0.3 is 10.1 Å². The van der Waals surface area contributed by atoms with Crippen molar-refractivity contribution in [1.29, 1.82) is 0 Å². The molecule has 0 radical (unpaired) electrons. The first kappa shape index (κ1) is 11.9. The van der Waals surface area contributed by atoms with E-state index in [9.17, 15) is 0 Å². The fourth-order valence-corrected chi connectivity index (χ4v) is 6.02. The molecule has 0 heterocycles. The Morgan fingerprint density at radius 3 is 2.24 bits per heavy atom. The fourth-order valence-electron chi connectivity index (χ4n) is 4.73. The van der Waals surface area contributed by atoms with Crippen LogP contribution < -0.4 is 0 Å². The van der Waals surface area contributed by atoms with E-state index < -0.39 is 0 Å². The van der Waals surface area contributed by atoms with Gasteiger partial charge >= 0.3 is 0 Å². The van der Waals surface area contributed by atoms with Crippen LogP contribution in [0, 0.1) is 29.1 Å². The third-order valence-corrected chi connectivity index (χ3v) is 6.72. The standard InChI is InChI=1S/C16H25S/c1-11-8-9-13(11)12(2)16(10-17(3)4)14-6-5-7-15(14)16/h11,13-15H,2-10H2,1H3/q-1. The summed E-state index contributed by atoms with van der Waals surface area (Å²) < 4.78 is 0. The molecule has 17 heavy (non-hydrogen) atoms. The lowest BCUT2D eigenvalue weighted by molar-refractivity contribution is 0.212. The minimum Gasteiger partial charge on any atom is -0.484 e. The zero-order valence-corrected chi connectivity index (χ0v) is 11.9. The molecule has 0 spiro atoms. The van der Waals surface area contributed by atoms with E-state index in [-0.39, 0.29) is 10.1 Å². The van der Waals surface area contributed by atoms with Crippen molar-refractivity contribution >= 4 is 21.8 Å². The number of hydrogen-bond donors (Lipinski definition) is 0. The summed E-state index contributed by atoms with van der Waals surface area (Å²) in [6.07, 6.45) is 7.15. The van der Waals surface area contributed by atoms with Crippen molar-refractivity contribution in [2.45, 2.75) is 39.0 Å². The molecule has 3 fully saturated rings. The minimum atomic E-state index is 0.0813. The molecule has 0 bridgehead atoms. The maximum absolute atomic E-state index is 4.55. The predicted molar refractivity (Wildman–Crippen MR) is 80.8 cm³/mol. The van der Waals surface area contributed by atoms with E-state index >= 15 is 0 Å². The maximum Gasteiger partial charge on any atom is -0.0175 e. The second kappa shape index (κ2) is 3.91. The largest absolute Gasteiger partial charge is 0.484 e. The molecule has 0 aliphatic heterocycles. The molecule has 0 aromatic rings. The second-order valence-corrected chi connectivity index (χ2v) is 8.14. The van der Waals surface area contributed by atoms with Gasteiger partial charge in [0.05, 0.1) is 0 Å². The topological polar surface area (TPSA) is 0 Å². The van der Waals surface area contributed by atoms with Crippen LogP contribution in [0.5, 0.6) is 0 Å². The minimum absolute atomic E-state index is 0.0813. The van der Waals surface area contributed by atoms with Gasteiger partial charge in [-0.2, -0.15) is 0 Å². The second-order valence-electron chi connectivity index (χ2n) is 6.63. The lowest BCUT2D eigenvalue weighted by Gasteiger charge is -2.41. The Morgan fingerprint density at radius 1 is 1.18 bits per heavy atom. The predicted octanol–water partition coefficient (Wildman–Crippen LogP) is 3.49. The number of rotatable bonds is 4. The van der Waals surface area contributed by atoms with Crippen molar-refractivity contribution < 1.29 is 0 Å².